The average molecular weight is 671 g/mol. The fourth-order valence-corrected chi connectivity index (χ4v) is 7.97. The van der Waals surface area contributed by atoms with Crippen LogP contribution in [0.5, 0.6) is 0 Å². The Bertz CT molecular complexity index is 2920. The van der Waals surface area contributed by atoms with E-state index < -0.39 is 0 Å². The van der Waals surface area contributed by atoms with E-state index in [1.54, 1.807) is 11.3 Å². The van der Waals surface area contributed by atoms with E-state index in [1.165, 1.54) is 20.2 Å². The highest BCUT2D eigenvalue weighted by Gasteiger charge is 2.18. The van der Waals surface area contributed by atoms with Gasteiger partial charge < -0.3 is 0 Å². The number of nitrogens with zero attached hydrogens (tertiary/aromatic N) is 6. The molecule has 0 unspecified atom stereocenters. The van der Waals surface area contributed by atoms with Gasteiger partial charge in [0.05, 0.1) is 16.7 Å². The summed E-state index contributed by atoms with van der Waals surface area (Å²) in [5.41, 5.74) is 8.33. The van der Waals surface area contributed by atoms with Gasteiger partial charge in [-0.15, -0.1) is 11.3 Å². The van der Waals surface area contributed by atoms with Gasteiger partial charge >= 0.3 is 0 Å². The van der Waals surface area contributed by atoms with E-state index in [2.05, 4.69) is 83.8 Å². The lowest BCUT2D eigenvalue weighted by molar-refractivity contribution is 1.07. The van der Waals surface area contributed by atoms with Gasteiger partial charge in [-0.25, -0.2) is 15.0 Å². The number of rotatable bonds is 5. The molecule has 10 rings (SSSR count). The summed E-state index contributed by atoms with van der Waals surface area (Å²) in [6, 6.07) is 47.9. The maximum Gasteiger partial charge on any atom is 0.164 e. The first-order chi connectivity index (χ1) is 25.2. The third kappa shape index (κ3) is 5.19. The molecule has 238 valence electrons. The van der Waals surface area contributed by atoms with Crippen LogP contribution in [-0.4, -0.2) is 29.9 Å². The molecule has 0 N–H and O–H groups in total. The fourth-order valence-electron chi connectivity index (χ4n) is 6.82. The molecule has 7 heteroatoms. The van der Waals surface area contributed by atoms with Crippen molar-refractivity contribution in [1.82, 2.24) is 29.9 Å². The van der Waals surface area contributed by atoms with Gasteiger partial charge in [0, 0.05) is 71.8 Å². The molecule has 5 heterocycles. The van der Waals surface area contributed by atoms with Gasteiger partial charge in [0.1, 0.15) is 0 Å². The Morgan fingerprint density at radius 1 is 0.373 bits per heavy atom. The molecule has 6 nitrogen and oxygen atoms in total. The van der Waals surface area contributed by atoms with Crippen molar-refractivity contribution >= 4 is 53.3 Å². The first kappa shape index (κ1) is 29.2. The maximum atomic E-state index is 5.18. The maximum absolute atomic E-state index is 5.18. The Hall–Kier alpha value is -6.70. The summed E-state index contributed by atoms with van der Waals surface area (Å²) in [5, 5.41) is 4.54. The quantitative estimate of drug-likeness (QED) is 0.170. The first-order valence-electron chi connectivity index (χ1n) is 16.7. The van der Waals surface area contributed by atoms with Gasteiger partial charge in [-0.3, -0.25) is 15.0 Å². The van der Waals surface area contributed by atoms with E-state index in [1.807, 2.05) is 79.3 Å². The largest absolute Gasteiger partial charge is 0.256 e. The molecular formula is C44H26N6S. The van der Waals surface area contributed by atoms with Crippen molar-refractivity contribution in [3.63, 3.8) is 0 Å². The average Bonchev–Trinajstić information content (AvgIpc) is 3.59. The van der Waals surface area contributed by atoms with Crippen molar-refractivity contribution in [2.24, 2.45) is 0 Å². The molecule has 0 amide bonds. The van der Waals surface area contributed by atoms with Gasteiger partial charge in [-0.1, -0.05) is 78.9 Å². The van der Waals surface area contributed by atoms with Gasteiger partial charge in [-0.2, -0.15) is 0 Å². The summed E-state index contributed by atoms with van der Waals surface area (Å²) in [6.45, 7) is 0. The molecular weight excluding hydrogens is 645 g/mol. The number of thiophene rings is 1. The van der Waals surface area contributed by atoms with Gasteiger partial charge in [0.15, 0.2) is 17.5 Å². The number of aromatic nitrogens is 6. The molecule has 0 saturated heterocycles. The van der Waals surface area contributed by atoms with Crippen molar-refractivity contribution < 1.29 is 0 Å². The molecule has 0 spiro atoms. The van der Waals surface area contributed by atoms with Crippen LogP contribution in [0.4, 0.5) is 0 Å². The van der Waals surface area contributed by atoms with Crippen LogP contribution in [0.1, 0.15) is 0 Å². The fraction of sp³-hybridized carbons (Fsp3) is 0. The minimum Gasteiger partial charge on any atom is -0.256 e. The van der Waals surface area contributed by atoms with Crippen molar-refractivity contribution in [3.05, 3.63) is 158 Å². The number of benzene rings is 5. The summed E-state index contributed by atoms with van der Waals surface area (Å²) >= 11 is 1.78. The van der Waals surface area contributed by atoms with E-state index in [0.717, 1.165) is 60.9 Å². The highest BCUT2D eigenvalue weighted by atomic mass is 32.1. The van der Waals surface area contributed by atoms with Crippen LogP contribution in [0.3, 0.4) is 0 Å². The van der Waals surface area contributed by atoms with Crippen molar-refractivity contribution in [2.75, 3.05) is 0 Å². The standard InChI is InChI=1S/C44H26N6S/c1-2-10-27(11-3-1)42-48-43(29-17-18-34-33-13-4-5-16-38(33)51-39(34)26-29)50-44(49-42)32-23-30(22-31(24-32)37-15-6-7-19-45-37)36-25-28-12-8-20-46-40(28)41-35(36)14-9-21-47-41/h1-26H. The lowest BCUT2D eigenvalue weighted by atomic mass is 9.93. The van der Waals surface area contributed by atoms with E-state index in [4.69, 9.17) is 24.9 Å². The highest BCUT2D eigenvalue weighted by molar-refractivity contribution is 7.25. The molecule has 0 bridgehead atoms. The van der Waals surface area contributed by atoms with E-state index in [0.29, 0.717) is 17.5 Å². The van der Waals surface area contributed by atoms with E-state index in [9.17, 15) is 0 Å². The highest BCUT2D eigenvalue weighted by Crippen LogP contribution is 2.39. The topological polar surface area (TPSA) is 77.3 Å². The Kier molecular flexibility index (Phi) is 6.89. The SMILES string of the molecule is c1ccc(-c2nc(-c3cc(-c4ccccn4)cc(-c4cc5cccnc5c5ncccc45)c3)nc(-c3ccc4c(c3)sc3ccccc34)n2)cc1. The van der Waals surface area contributed by atoms with E-state index in [-0.39, 0.29) is 0 Å². The van der Waals surface area contributed by atoms with Gasteiger partial charge in [0.25, 0.3) is 0 Å². The monoisotopic (exact) mass is 670 g/mol. The first-order valence-corrected chi connectivity index (χ1v) is 17.5. The summed E-state index contributed by atoms with van der Waals surface area (Å²) in [7, 11) is 0. The Labute approximate surface area is 296 Å². The molecule has 51 heavy (non-hydrogen) atoms. The molecule has 0 atom stereocenters. The van der Waals surface area contributed by atoms with Crippen molar-refractivity contribution in [2.45, 2.75) is 0 Å². The van der Waals surface area contributed by atoms with Crippen LogP contribution >= 0.6 is 11.3 Å². The zero-order valence-corrected chi connectivity index (χ0v) is 27.9. The lowest BCUT2D eigenvalue weighted by Crippen LogP contribution is -2.00. The molecule has 0 fully saturated rings. The second kappa shape index (κ2) is 12.0. The smallest absolute Gasteiger partial charge is 0.164 e. The third-order valence-corrected chi connectivity index (χ3v) is 10.4. The third-order valence-electron chi connectivity index (χ3n) is 9.23. The second-order valence-electron chi connectivity index (χ2n) is 12.4. The van der Waals surface area contributed by atoms with Crippen LogP contribution in [0.15, 0.2) is 158 Å². The Balaban J connectivity index is 1.22. The van der Waals surface area contributed by atoms with Crippen LogP contribution < -0.4 is 0 Å². The predicted molar refractivity (Wildman–Crippen MR) is 208 cm³/mol. The van der Waals surface area contributed by atoms with Crippen LogP contribution in [-0.2, 0) is 0 Å². The van der Waals surface area contributed by atoms with Crippen molar-refractivity contribution in [3.8, 4) is 56.5 Å². The predicted octanol–water partition coefficient (Wildman–Crippen LogP) is 11.1. The minimum absolute atomic E-state index is 0.583. The normalized spacial score (nSPS) is 11.5. The van der Waals surface area contributed by atoms with E-state index >= 15 is 0 Å². The number of hydrogen-bond acceptors (Lipinski definition) is 7. The molecule has 0 saturated carbocycles. The number of pyridine rings is 3. The Morgan fingerprint density at radius 2 is 1.04 bits per heavy atom. The molecule has 10 aromatic rings. The van der Waals surface area contributed by atoms with Crippen LogP contribution in [0.2, 0.25) is 0 Å². The number of fused-ring (bicyclic) bond motifs is 6. The summed E-state index contributed by atoms with van der Waals surface area (Å²) < 4.78 is 2.46. The molecule has 5 aromatic carbocycles. The second-order valence-corrected chi connectivity index (χ2v) is 13.5. The zero-order valence-electron chi connectivity index (χ0n) is 27.1. The van der Waals surface area contributed by atoms with Crippen molar-refractivity contribution in [1.29, 1.82) is 0 Å². The molecule has 0 aliphatic rings. The van der Waals surface area contributed by atoms with Gasteiger partial charge in [0.2, 0.25) is 0 Å². The zero-order chi connectivity index (χ0) is 33.7. The Morgan fingerprint density at radius 3 is 1.90 bits per heavy atom. The minimum atomic E-state index is 0.583. The summed E-state index contributed by atoms with van der Waals surface area (Å²) in [6.07, 6.45) is 5.46. The summed E-state index contributed by atoms with van der Waals surface area (Å²) in [5.74, 6) is 1.82. The van der Waals surface area contributed by atoms with Gasteiger partial charge in [-0.05, 0) is 71.8 Å². The van der Waals surface area contributed by atoms with Crippen LogP contribution in [0, 0.1) is 0 Å². The molecule has 0 aliphatic heterocycles. The molecule has 0 radical (unpaired) electrons. The summed E-state index contributed by atoms with van der Waals surface area (Å²) in [4.78, 5) is 29.5. The lowest BCUT2D eigenvalue weighted by Gasteiger charge is -2.14. The molecule has 5 aromatic heterocycles. The number of hydrogen-bond donors (Lipinski definition) is 0. The molecule has 0 aliphatic carbocycles. The van der Waals surface area contributed by atoms with Crippen LogP contribution in [0.25, 0.3) is 98.5 Å².